The fourth-order valence-electron chi connectivity index (χ4n) is 3.60. The molecule has 1 aromatic heterocycles. The number of carbonyl (C=O) groups excluding carboxylic acids is 1. The van der Waals surface area contributed by atoms with Crippen molar-refractivity contribution in [3.05, 3.63) is 42.3 Å². The molecular formula is C18H22ClN3O2. The van der Waals surface area contributed by atoms with Gasteiger partial charge in [-0.2, -0.15) is 0 Å². The van der Waals surface area contributed by atoms with E-state index < -0.39 is 0 Å². The Labute approximate surface area is 147 Å². The second-order valence-electron chi connectivity index (χ2n) is 6.60. The van der Waals surface area contributed by atoms with Gasteiger partial charge in [-0.3, -0.25) is 4.79 Å². The molecule has 2 aromatic rings. The van der Waals surface area contributed by atoms with Crippen molar-refractivity contribution in [1.29, 1.82) is 0 Å². The van der Waals surface area contributed by atoms with Crippen molar-refractivity contribution >= 4 is 18.3 Å². The van der Waals surface area contributed by atoms with Gasteiger partial charge in [0.1, 0.15) is 6.26 Å². The average molecular weight is 348 g/mol. The average Bonchev–Trinajstić information content (AvgIpc) is 3.08. The number of carbonyl (C=O) groups is 1. The van der Waals surface area contributed by atoms with Crippen molar-refractivity contribution in [2.45, 2.75) is 25.8 Å². The molecule has 1 amide bonds. The van der Waals surface area contributed by atoms with Gasteiger partial charge < -0.3 is 15.1 Å². The second kappa shape index (κ2) is 6.95. The molecule has 24 heavy (non-hydrogen) atoms. The van der Waals surface area contributed by atoms with Crippen LogP contribution in [0.3, 0.4) is 0 Å². The number of aromatic nitrogens is 1. The van der Waals surface area contributed by atoms with Crippen molar-refractivity contribution < 1.29 is 9.21 Å². The van der Waals surface area contributed by atoms with Crippen molar-refractivity contribution in [3.63, 3.8) is 0 Å². The number of hydrogen-bond acceptors (Lipinski definition) is 4. The van der Waals surface area contributed by atoms with Crippen LogP contribution in [0.5, 0.6) is 0 Å². The first-order valence-electron chi connectivity index (χ1n) is 8.25. The lowest BCUT2D eigenvalue weighted by Gasteiger charge is -2.23. The molecule has 1 aliphatic carbocycles. The summed E-state index contributed by atoms with van der Waals surface area (Å²) in [6.45, 7) is 2.50. The Morgan fingerprint density at radius 2 is 2.04 bits per heavy atom. The highest BCUT2D eigenvalue weighted by atomic mass is 35.5. The lowest BCUT2D eigenvalue weighted by molar-refractivity contribution is -0.123. The number of halogens is 1. The van der Waals surface area contributed by atoms with E-state index in [1.807, 2.05) is 30.3 Å². The lowest BCUT2D eigenvalue weighted by atomic mass is 9.92. The van der Waals surface area contributed by atoms with Gasteiger partial charge in [-0.15, -0.1) is 12.4 Å². The van der Waals surface area contributed by atoms with Crippen LogP contribution < -0.4 is 10.6 Å². The monoisotopic (exact) mass is 347 g/mol. The molecule has 2 aliphatic rings. The van der Waals surface area contributed by atoms with E-state index in [4.69, 9.17) is 4.42 Å². The van der Waals surface area contributed by atoms with Gasteiger partial charge >= 0.3 is 0 Å². The smallest absolute Gasteiger partial charge is 0.226 e. The van der Waals surface area contributed by atoms with Crippen molar-refractivity contribution in [2.75, 3.05) is 13.1 Å². The van der Waals surface area contributed by atoms with Crippen molar-refractivity contribution in [2.24, 2.45) is 11.3 Å². The SMILES string of the molecule is Cl.O=C(NCc1coc(-c2ccccc2)n1)C1CC12CCNCC2. The Balaban J connectivity index is 0.00000169. The molecule has 6 heteroatoms. The van der Waals surface area contributed by atoms with Crippen LogP contribution in [0.1, 0.15) is 25.0 Å². The third-order valence-corrected chi connectivity index (χ3v) is 5.12. The number of nitrogens with zero attached hydrogens (tertiary/aromatic N) is 1. The van der Waals surface area contributed by atoms with Crippen LogP contribution in [-0.2, 0) is 11.3 Å². The summed E-state index contributed by atoms with van der Waals surface area (Å²) in [5.74, 6) is 0.942. The van der Waals surface area contributed by atoms with Crippen LogP contribution in [0.25, 0.3) is 11.5 Å². The second-order valence-corrected chi connectivity index (χ2v) is 6.60. The fourth-order valence-corrected chi connectivity index (χ4v) is 3.60. The van der Waals surface area contributed by atoms with Gasteiger partial charge in [0.2, 0.25) is 11.8 Å². The summed E-state index contributed by atoms with van der Waals surface area (Å²) in [7, 11) is 0. The molecule has 1 unspecified atom stereocenters. The van der Waals surface area contributed by atoms with Gasteiger partial charge in [0.15, 0.2) is 0 Å². The molecule has 1 spiro atoms. The van der Waals surface area contributed by atoms with E-state index in [9.17, 15) is 4.79 Å². The zero-order chi connectivity index (χ0) is 15.7. The maximum absolute atomic E-state index is 12.3. The van der Waals surface area contributed by atoms with Crippen LogP contribution in [0.2, 0.25) is 0 Å². The summed E-state index contributed by atoms with van der Waals surface area (Å²) < 4.78 is 5.50. The van der Waals surface area contributed by atoms with Crippen LogP contribution in [0.4, 0.5) is 0 Å². The van der Waals surface area contributed by atoms with E-state index in [2.05, 4.69) is 15.6 Å². The molecule has 1 aromatic carbocycles. The standard InChI is InChI=1S/C18H21N3O2.ClH/c22-16(15-10-18(15)6-8-19-9-7-18)20-11-14-12-23-17(21-14)13-4-2-1-3-5-13;/h1-5,12,15,19H,6-11H2,(H,20,22);1H. The number of nitrogens with one attached hydrogen (secondary N) is 2. The summed E-state index contributed by atoms with van der Waals surface area (Å²) in [5, 5.41) is 6.38. The zero-order valence-corrected chi connectivity index (χ0v) is 14.3. The third kappa shape index (κ3) is 3.32. The lowest BCUT2D eigenvalue weighted by Crippen LogP contribution is -2.33. The first-order chi connectivity index (χ1) is 11.3. The van der Waals surface area contributed by atoms with Gasteiger partial charge in [-0.25, -0.2) is 4.98 Å². The minimum absolute atomic E-state index is 0. The number of rotatable bonds is 4. The van der Waals surface area contributed by atoms with E-state index in [1.54, 1.807) is 6.26 Å². The molecule has 2 N–H and O–H groups in total. The highest BCUT2D eigenvalue weighted by Gasteiger charge is 2.57. The van der Waals surface area contributed by atoms with Gasteiger partial charge in [-0.05, 0) is 49.9 Å². The predicted molar refractivity (Wildman–Crippen MR) is 93.7 cm³/mol. The van der Waals surface area contributed by atoms with Gasteiger partial charge in [0, 0.05) is 11.5 Å². The number of amides is 1. The number of oxazole rings is 1. The Bertz CT molecular complexity index is 695. The van der Waals surface area contributed by atoms with Crippen LogP contribution in [0.15, 0.2) is 41.0 Å². The van der Waals surface area contributed by atoms with Gasteiger partial charge in [0.05, 0.1) is 12.2 Å². The first-order valence-corrected chi connectivity index (χ1v) is 8.25. The van der Waals surface area contributed by atoms with E-state index in [0.717, 1.165) is 43.6 Å². The van der Waals surface area contributed by atoms with Gasteiger partial charge in [-0.1, -0.05) is 18.2 Å². The molecule has 0 bridgehead atoms. The molecule has 2 heterocycles. The minimum atomic E-state index is 0. The Morgan fingerprint density at radius 1 is 1.29 bits per heavy atom. The predicted octanol–water partition coefficient (Wildman–Crippen LogP) is 2.77. The maximum atomic E-state index is 12.3. The molecular weight excluding hydrogens is 326 g/mol. The van der Waals surface area contributed by atoms with Gasteiger partial charge in [0.25, 0.3) is 0 Å². The Kier molecular flexibility index (Phi) is 4.92. The summed E-state index contributed by atoms with van der Waals surface area (Å²) in [5.41, 5.74) is 1.98. The minimum Gasteiger partial charge on any atom is -0.444 e. The fraction of sp³-hybridized carbons (Fsp3) is 0.444. The summed E-state index contributed by atoms with van der Waals surface area (Å²) in [6, 6.07) is 9.78. The highest BCUT2D eigenvalue weighted by molar-refractivity contribution is 5.85. The molecule has 4 rings (SSSR count). The molecule has 2 fully saturated rings. The molecule has 1 aliphatic heterocycles. The molecule has 0 radical (unpaired) electrons. The van der Waals surface area contributed by atoms with E-state index in [1.165, 1.54) is 0 Å². The number of hydrogen-bond donors (Lipinski definition) is 2. The van der Waals surface area contributed by atoms with E-state index >= 15 is 0 Å². The quantitative estimate of drug-likeness (QED) is 0.892. The van der Waals surface area contributed by atoms with E-state index in [0.29, 0.717) is 12.4 Å². The molecule has 1 saturated heterocycles. The van der Waals surface area contributed by atoms with Crippen LogP contribution in [-0.4, -0.2) is 24.0 Å². The normalized spacial score (nSPS) is 21.1. The van der Waals surface area contributed by atoms with Crippen molar-refractivity contribution in [3.8, 4) is 11.5 Å². The molecule has 1 saturated carbocycles. The molecule has 5 nitrogen and oxygen atoms in total. The molecule has 1 atom stereocenters. The van der Waals surface area contributed by atoms with Crippen LogP contribution in [0, 0.1) is 11.3 Å². The van der Waals surface area contributed by atoms with Crippen LogP contribution >= 0.6 is 12.4 Å². The number of benzene rings is 1. The number of piperidine rings is 1. The highest BCUT2D eigenvalue weighted by Crippen LogP contribution is 2.58. The molecule has 128 valence electrons. The summed E-state index contributed by atoms with van der Waals surface area (Å²) in [6.07, 6.45) is 4.89. The van der Waals surface area contributed by atoms with E-state index in [-0.39, 0.29) is 29.6 Å². The maximum Gasteiger partial charge on any atom is 0.226 e. The largest absolute Gasteiger partial charge is 0.444 e. The third-order valence-electron chi connectivity index (χ3n) is 5.12. The topological polar surface area (TPSA) is 67.2 Å². The Morgan fingerprint density at radius 3 is 2.79 bits per heavy atom. The summed E-state index contributed by atoms with van der Waals surface area (Å²) >= 11 is 0. The summed E-state index contributed by atoms with van der Waals surface area (Å²) in [4.78, 5) is 16.8. The first kappa shape index (κ1) is 17.0. The van der Waals surface area contributed by atoms with Crippen molar-refractivity contribution in [1.82, 2.24) is 15.6 Å². The Hall–Kier alpha value is -1.85. The zero-order valence-electron chi connectivity index (χ0n) is 13.5.